The number of benzene rings is 1. The van der Waals surface area contributed by atoms with Crippen molar-refractivity contribution >= 4 is 41.3 Å². The van der Waals surface area contributed by atoms with Gasteiger partial charge in [0.15, 0.2) is 17.5 Å². The smallest absolute Gasteiger partial charge is 0.203 e. The third kappa shape index (κ3) is 7.22. The summed E-state index contributed by atoms with van der Waals surface area (Å²) in [6.07, 6.45) is 0. The van der Waals surface area contributed by atoms with Crippen molar-refractivity contribution < 1.29 is 14.2 Å². The maximum Gasteiger partial charge on any atom is 0.203 e. The lowest BCUT2D eigenvalue weighted by atomic mass is 10.2. The van der Waals surface area contributed by atoms with Gasteiger partial charge >= 0.3 is 0 Å². The molecule has 0 unspecified atom stereocenters. The van der Waals surface area contributed by atoms with Crippen LogP contribution in [-0.2, 0) is 13.1 Å². The van der Waals surface area contributed by atoms with E-state index in [1.165, 1.54) is 0 Å². The summed E-state index contributed by atoms with van der Waals surface area (Å²) in [5.74, 6) is 3.04. The van der Waals surface area contributed by atoms with Crippen molar-refractivity contribution in [2.24, 2.45) is 4.99 Å². The number of nitrogens with one attached hydrogen (secondary N) is 2. The highest BCUT2D eigenvalue weighted by Crippen LogP contribution is 2.38. The van der Waals surface area contributed by atoms with Gasteiger partial charge in [0, 0.05) is 19.0 Å². The highest BCUT2D eigenvalue weighted by Gasteiger charge is 2.14. The summed E-state index contributed by atoms with van der Waals surface area (Å²) in [5.41, 5.74) is 2.12. The van der Waals surface area contributed by atoms with Gasteiger partial charge in [-0.1, -0.05) is 13.8 Å². The second-order valence-corrected chi connectivity index (χ2v) is 7.31. The molecule has 2 rings (SSSR count). The van der Waals surface area contributed by atoms with Crippen molar-refractivity contribution in [3.8, 4) is 17.2 Å². The average molecular weight is 534 g/mol. The number of methoxy groups -OCH3 is 2. The minimum absolute atomic E-state index is 0. The minimum Gasteiger partial charge on any atom is -0.493 e. The van der Waals surface area contributed by atoms with E-state index in [4.69, 9.17) is 14.2 Å². The van der Waals surface area contributed by atoms with Gasteiger partial charge in [0.25, 0.3) is 0 Å². The molecular formula is C20H31IN4O3S. The van der Waals surface area contributed by atoms with Gasteiger partial charge in [0.2, 0.25) is 5.75 Å². The zero-order valence-electron chi connectivity index (χ0n) is 17.9. The Morgan fingerprint density at radius 1 is 1.14 bits per heavy atom. The van der Waals surface area contributed by atoms with E-state index >= 15 is 0 Å². The Morgan fingerprint density at radius 3 is 2.24 bits per heavy atom. The molecule has 0 aliphatic heterocycles. The molecule has 0 saturated heterocycles. The van der Waals surface area contributed by atoms with E-state index in [9.17, 15) is 0 Å². The Hall–Kier alpha value is -1.75. The first-order valence-electron chi connectivity index (χ1n) is 9.28. The summed E-state index contributed by atoms with van der Waals surface area (Å²) >= 11 is 1.66. The lowest BCUT2D eigenvalue weighted by Crippen LogP contribution is -2.36. The topological polar surface area (TPSA) is 77.0 Å². The van der Waals surface area contributed by atoms with Crippen molar-refractivity contribution in [1.82, 2.24) is 15.6 Å². The summed E-state index contributed by atoms with van der Waals surface area (Å²) in [5, 5.41) is 9.75. The molecule has 1 heterocycles. The average Bonchev–Trinajstić information content (AvgIpc) is 3.18. The van der Waals surface area contributed by atoms with Crippen LogP contribution in [0.15, 0.2) is 22.5 Å². The van der Waals surface area contributed by atoms with Gasteiger partial charge < -0.3 is 24.8 Å². The summed E-state index contributed by atoms with van der Waals surface area (Å²) in [6.45, 7) is 7.95. The van der Waals surface area contributed by atoms with Crippen LogP contribution in [0.4, 0.5) is 0 Å². The molecule has 0 aliphatic rings. The fraction of sp³-hybridized carbons (Fsp3) is 0.500. The first-order chi connectivity index (χ1) is 13.5. The first-order valence-corrected chi connectivity index (χ1v) is 10.2. The largest absolute Gasteiger partial charge is 0.493 e. The number of aliphatic imine (C=N–C) groups is 1. The molecule has 7 nitrogen and oxygen atoms in total. The summed E-state index contributed by atoms with van der Waals surface area (Å²) in [7, 11) is 4.99. The Kier molecular flexibility index (Phi) is 11.1. The zero-order chi connectivity index (χ0) is 20.5. The quantitative estimate of drug-likeness (QED) is 0.286. The fourth-order valence-electron chi connectivity index (χ4n) is 2.56. The molecule has 0 spiro atoms. The SMILES string of the molecule is CCOc1c(OC)cc(CNC(=NC)NCc2nc(C(C)C)cs2)cc1OC.I. The number of aromatic nitrogens is 1. The molecule has 1 aromatic heterocycles. The van der Waals surface area contributed by atoms with Crippen LogP contribution >= 0.6 is 35.3 Å². The van der Waals surface area contributed by atoms with Gasteiger partial charge in [-0.25, -0.2) is 4.98 Å². The van der Waals surface area contributed by atoms with Crippen LogP contribution in [0.25, 0.3) is 0 Å². The molecule has 9 heteroatoms. The van der Waals surface area contributed by atoms with Gasteiger partial charge in [-0.05, 0) is 30.5 Å². The van der Waals surface area contributed by atoms with E-state index < -0.39 is 0 Å². The van der Waals surface area contributed by atoms with Gasteiger partial charge in [-0.2, -0.15) is 0 Å². The Labute approximate surface area is 194 Å². The molecule has 1 aromatic carbocycles. The maximum absolute atomic E-state index is 5.65. The molecule has 0 fully saturated rings. The van der Waals surface area contributed by atoms with Crippen molar-refractivity contribution in [2.45, 2.75) is 39.8 Å². The predicted octanol–water partition coefficient (Wildman–Crippen LogP) is 4.17. The second-order valence-electron chi connectivity index (χ2n) is 6.36. The van der Waals surface area contributed by atoms with Crippen molar-refractivity contribution in [3.63, 3.8) is 0 Å². The van der Waals surface area contributed by atoms with E-state index in [0.29, 0.717) is 48.8 Å². The number of halogens is 1. The van der Waals surface area contributed by atoms with Crippen LogP contribution in [0.1, 0.15) is 43.0 Å². The first kappa shape index (κ1) is 25.3. The molecule has 2 N–H and O–H groups in total. The number of nitrogens with zero attached hydrogens (tertiary/aromatic N) is 2. The molecule has 0 aliphatic carbocycles. The maximum atomic E-state index is 5.65. The van der Waals surface area contributed by atoms with Gasteiger partial charge in [0.1, 0.15) is 5.01 Å². The number of hydrogen-bond donors (Lipinski definition) is 2. The minimum atomic E-state index is 0. The van der Waals surface area contributed by atoms with E-state index in [-0.39, 0.29) is 24.0 Å². The zero-order valence-corrected chi connectivity index (χ0v) is 21.0. The number of guanidine groups is 1. The van der Waals surface area contributed by atoms with Gasteiger partial charge in [-0.15, -0.1) is 35.3 Å². The molecule has 2 aromatic rings. The molecule has 0 amide bonds. The van der Waals surface area contributed by atoms with Crippen LogP contribution in [-0.4, -0.2) is 38.8 Å². The van der Waals surface area contributed by atoms with Crippen LogP contribution in [0.5, 0.6) is 17.2 Å². The Bertz CT molecular complexity index is 771. The second kappa shape index (κ2) is 12.7. The standard InChI is InChI=1S/C20H30N4O3S.HI/c1-7-27-19-16(25-5)8-14(9-17(19)26-6)10-22-20(21-4)23-11-18-24-15(12-28-18)13(2)3;/h8-9,12-13H,7,10-11H2,1-6H3,(H2,21,22,23);1H. The van der Waals surface area contributed by atoms with Crippen LogP contribution in [0, 0.1) is 0 Å². The summed E-state index contributed by atoms with van der Waals surface area (Å²) in [6, 6.07) is 3.87. The van der Waals surface area contributed by atoms with Crippen molar-refractivity contribution in [2.75, 3.05) is 27.9 Å². The van der Waals surface area contributed by atoms with Gasteiger partial charge in [0.05, 0.1) is 33.1 Å². The third-order valence-corrected chi connectivity index (χ3v) is 4.93. The van der Waals surface area contributed by atoms with Crippen LogP contribution in [0.3, 0.4) is 0 Å². The molecule has 0 atom stereocenters. The lowest BCUT2D eigenvalue weighted by molar-refractivity contribution is 0.288. The Balaban J connectivity index is 0.00000420. The molecular weight excluding hydrogens is 503 g/mol. The number of thiazole rings is 1. The Morgan fingerprint density at radius 2 is 1.76 bits per heavy atom. The van der Waals surface area contributed by atoms with Gasteiger partial charge in [-0.3, -0.25) is 4.99 Å². The summed E-state index contributed by atoms with van der Waals surface area (Å²) in [4.78, 5) is 8.91. The van der Waals surface area contributed by atoms with E-state index in [1.54, 1.807) is 32.6 Å². The molecule has 0 bridgehead atoms. The van der Waals surface area contributed by atoms with Crippen LogP contribution < -0.4 is 24.8 Å². The monoisotopic (exact) mass is 534 g/mol. The number of ether oxygens (including phenoxy) is 3. The van der Waals surface area contributed by atoms with E-state index in [2.05, 4.69) is 39.8 Å². The molecule has 0 saturated carbocycles. The van der Waals surface area contributed by atoms with Crippen molar-refractivity contribution in [3.05, 3.63) is 33.8 Å². The highest BCUT2D eigenvalue weighted by molar-refractivity contribution is 14.0. The third-order valence-electron chi connectivity index (χ3n) is 4.06. The normalized spacial score (nSPS) is 11.1. The molecule has 0 radical (unpaired) electrons. The fourth-order valence-corrected chi connectivity index (χ4v) is 3.46. The number of hydrogen-bond acceptors (Lipinski definition) is 6. The molecule has 29 heavy (non-hydrogen) atoms. The van der Waals surface area contributed by atoms with Crippen molar-refractivity contribution in [1.29, 1.82) is 0 Å². The molecule has 162 valence electrons. The predicted molar refractivity (Wildman–Crippen MR) is 129 cm³/mol. The van der Waals surface area contributed by atoms with Crippen LogP contribution in [0.2, 0.25) is 0 Å². The van der Waals surface area contributed by atoms with E-state index in [1.807, 2.05) is 19.1 Å². The highest BCUT2D eigenvalue weighted by atomic mass is 127. The number of rotatable bonds is 9. The lowest BCUT2D eigenvalue weighted by Gasteiger charge is -2.16. The summed E-state index contributed by atoms with van der Waals surface area (Å²) < 4.78 is 16.6. The van der Waals surface area contributed by atoms with E-state index in [0.717, 1.165) is 16.3 Å².